The summed E-state index contributed by atoms with van der Waals surface area (Å²) in [6.45, 7) is 2.12. The number of aliphatic hydroxyl groups is 1. The molecule has 2 aromatic heterocycles. The van der Waals surface area contributed by atoms with Gasteiger partial charge in [0.1, 0.15) is 11.6 Å². The van der Waals surface area contributed by atoms with Gasteiger partial charge in [0.25, 0.3) is 0 Å². The summed E-state index contributed by atoms with van der Waals surface area (Å²) < 4.78 is 1.88. The zero-order valence-electron chi connectivity index (χ0n) is 11.3. The van der Waals surface area contributed by atoms with E-state index in [4.69, 9.17) is 5.11 Å². The predicted molar refractivity (Wildman–Crippen MR) is 75.6 cm³/mol. The third-order valence-electron chi connectivity index (χ3n) is 3.46. The van der Waals surface area contributed by atoms with Gasteiger partial charge in [0, 0.05) is 31.0 Å². The van der Waals surface area contributed by atoms with Crippen LogP contribution >= 0.6 is 0 Å². The average Bonchev–Trinajstić information content (AvgIpc) is 3.09. The maximum atomic E-state index is 9.10. The molecule has 104 valence electrons. The molecule has 0 saturated heterocycles. The highest BCUT2D eigenvalue weighted by molar-refractivity contribution is 5.39. The lowest BCUT2D eigenvalue weighted by atomic mass is 10.1. The van der Waals surface area contributed by atoms with Gasteiger partial charge >= 0.3 is 0 Å². The number of rotatable bonds is 4. The van der Waals surface area contributed by atoms with E-state index in [1.54, 1.807) is 6.20 Å². The van der Waals surface area contributed by atoms with E-state index in [1.807, 2.05) is 35.9 Å². The second-order valence-electron chi connectivity index (χ2n) is 4.94. The first-order chi connectivity index (χ1) is 9.76. The van der Waals surface area contributed by atoms with Gasteiger partial charge in [-0.1, -0.05) is 12.2 Å². The molecule has 2 N–H and O–H groups in total. The summed E-state index contributed by atoms with van der Waals surface area (Å²) in [4.78, 5) is 4.16. The van der Waals surface area contributed by atoms with E-state index in [-0.39, 0.29) is 18.6 Å². The molecule has 20 heavy (non-hydrogen) atoms. The van der Waals surface area contributed by atoms with Gasteiger partial charge in [-0.25, -0.2) is 4.98 Å². The van der Waals surface area contributed by atoms with Crippen molar-refractivity contribution in [3.8, 4) is 5.82 Å². The third kappa shape index (κ3) is 2.55. The van der Waals surface area contributed by atoms with Gasteiger partial charge in [-0.3, -0.25) is 4.57 Å². The molecule has 6 heteroatoms. The summed E-state index contributed by atoms with van der Waals surface area (Å²) in [6.07, 6.45) is 8.59. The molecule has 1 aliphatic carbocycles. The van der Waals surface area contributed by atoms with Crippen molar-refractivity contribution in [3.63, 3.8) is 0 Å². The zero-order valence-corrected chi connectivity index (χ0v) is 11.3. The van der Waals surface area contributed by atoms with Crippen LogP contribution in [0.25, 0.3) is 5.82 Å². The van der Waals surface area contributed by atoms with Crippen molar-refractivity contribution in [2.45, 2.75) is 19.4 Å². The fourth-order valence-corrected chi connectivity index (χ4v) is 2.36. The van der Waals surface area contributed by atoms with E-state index in [2.05, 4.69) is 26.6 Å². The van der Waals surface area contributed by atoms with Crippen molar-refractivity contribution in [3.05, 3.63) is 42.5 Å². The van der Waals surface area contributed by atoms with E-state index in [9.17, 15) is 0 Å². The fraction of sp³-hybridized carbons (Fsp3) is 0.357. The molecule has 2 atom stereocenters. The quantitative estimate of drug-likeness (QED) is 0.820. The Hall–Kier alpha value is -2.21. The van der Waals surface area contributed by atoms with Gasteiger partial charge in [-0.2, -0.15) is 0 Å². The maximum absolute atomic E-state index is 9.10. The predicted octanol–water partition coefficient (Wildman–Crippen LogP) is 1.32. The number of nitrogens with one attached hydrogen (secondary N) is 1. The van der Waals surface area contributed by atoms with Gasteiger partial charge in [-0.05, 0) is 25.5 Å². The van der Waals surface area contributed by atoms with Crippen molar-refractivity contribution in [2.75, 3.05) is 11.9 Å². The molecular weight excluding hydrogens is 254 g/mol. The van der Waals surface area contributed by atoms with E-state index < -0.39 is 0 Å². The first-order valence-corrected chi connectivity index (χ1v) is 6.66. The van der Waals surface area contributed by atoms with Crippen LogP contribution in [0.3, 0.4) is 0 Å². The first-order valence-electron chi connectivity index (χ1n) is 6.66. The van der Waals surface area contributed by atoms with Gasteiger partial charge in [0.2, 0.25) is 0 Å². The lowest BCUT2D eigenvalue weighted by molar-refractivity contribution is 0.250. The van der Waals surface area contributed by atoms with Crippen LogP contribution in [0.4, 0.5) is 5.82 Å². The number of imidazole rings is 1. The van der Waals surface area contributed by atoms with Crippen LogP contribution in [0, 0.1) is 12.8 Å². The van der Waals surface area contributed by atoms with Crippen LogP contribution in [-0.4, -0.2) is 37.5 Å². The Bertz CT molecular complexity index is 604. The molecule has 2 heterocycles. The topological polar surface area (TPSA) is 75.9 Å². The van der Waals surface area contributed by atoms with Crippen LogP contribution in [0.2, 0.25) is 0 Å². The number of aliphatic hydroxyl groups excluding tert-OH is 1. The standard InChI is InChI=1S/C14H17N5O/c1-10-15-6-7-19(10)14-5-4-13(17-18-14)16-12-3-2-11(8-12)9-20/h2-7,11-12,20H,8-9H2,1H3,(H,16,17)/t11-,12+/m0/s1. The Kier molecular flexibility index (Phi) is 3.47. The summed E-state index contributed by atoms with van der Waals surface area (Å²) >= 11 is 0. The lowest BCUT2D eigenvalue weighted by Crippen LogP contribution is -2.17. The minimum Gasteiger partial charge on any atom is -0.396 e. The summed E-state index contributed by atoms with van der Waals surface area (Å²) in [6, 6.07) is 4.02. The normalized spacial score (nSPS) is 21.3. The fourth-order valence-electron chi connectivity index (χ4n) is 2.36. The molecule has 0 aromatic carbocycles. The Morgan fingerprint density at radius 3 is 2.85 bits per heavy atom. The Morgan fingerprint density at radius 1 is 1.35 bits per heavy atom. The van der Waals surface area contributed by atoms with Gasteiger partial charge < -0.3 is 10.4 Å². The maximum Gasteiger partial charge on any atom is 0.160 e. The van der Waals surface area contributed by atoms with Crippen LogP contribution in [0.5, 0.6) is 0 Å². The molecule has 0 fully saturated rings. The van der Waals surface area contributed by atoms with E-state index >= 15 is 0 Å². The number of hydrogen-bond acceptors (Lipinski definition) is 5. The van der Waals surface area contributed by atoms with Gasteiger partial charge in [-0.15, -0.1) is 10.2 Å². The van der Waals surface area contributed by atoms with Gasteiger partial charge in [0.15, 0.2) is 5.82 Å². The van der Waals surface area contributed by atoms with Crippen molar-refractivity contribution in [2.24, 2.45) is 5.92 Å². The molecule has 0 amide bonds. The average molecular weight is 271 g/mol. The first kappa shape index (κ1) is 12.8. The number of aryl methyl sites for hydroxylation is 1. The molecule has 0 saturated carbocycles. The minimum atomic E-state index is 0.194. The molecule has 0 bridgehead atoms. The molecular formula is C14H17N5O. The highest BCUT2D eigenvalue weighted by Crippen LogP contribution is 2.20. The van der Waals surface area contributed by atoms with E-state index in [0.717, 1.165) is 23.9 Å². The van der Waals surface area contributed by atoms with Crippen LogP contribution < -0.4 is 5.32 Å². The Balaban J connectivity index is 1.68. The summed E-state index contributed by atoms with van der Waals surface area (Å²) in [5.74, 6) is 2.61. The highest BCUT2D eigenvalue weighted by Gasteiger charge is 2.18. The van der Waals surface area contributed by atoms with Crippen molar-refractivity contribution in [1.82, 2.24) is 19.7 Å². The van der Waals surface area contributed by atoms with Gasteiger partial charge in [0.05, 0.1) is 0 Å². The summed E-state index contributed by atoms with van der Waals surface area (Å²) in [5, 5.41) is 20.8. The molecule has 0 spiro atoms. The second-order valence-corrected chi connectivity index (χ2v) is 4.94. The van der Waals surface area contributed by atoms with Crippen LogP contribution in [-0.2, 0) is 0 Å². The molecule has 0 unspecified atom stereocenters. The van der Waals surface area contributed by atoms with E-state index in [1.165, 1.54) is 0 Å². The number of nitrogens with zero attached hydrogens (tertiary/aromatic N) is 4. The minimum absolute atomic E-state index is 0.194. The Morgan fingerprint density at radius 2 is 2.25 bits per heavy atom. The molecule has 2 aromatic rings. The molecule has 0 radical (unpaired) electrons. The number of anilines is 1. The zero-order chi connectivity index (χ0) is 13.9. The molecule has 0 aliphatic heterocycles. The summed E-state index contributed by atoms with van der Waals surface area (Å²) in [5.41, 5.74) is 0. The monoisotopic (exact) mass is 271 g/mol. The van der Waals surface area contributed by atoms with Crippen LogP contribution in [0.1, 0.15) is 12.2 Å². The van der Waals surface area contributed by atoms with E-state index in [0.29, 0.717) is 0 Å². The Labute approximate surface area is 117 Å². The van der Waals surface area contributed by atoms with Crippen molar-refractivity contribution >= 4 is 5.82 Å². The van der Waals surface area contributed by atoms with Crippen LogP contribution in [0.15, 0.2) is 36.7 Å². The summed E-state index contributed by atoms with van der Waals surface area (Å²) in [7, 11) is 0. The number of hydrogen-bond donors (Lipinski definition) is 2. The largest absolute Gasteiger partial charge is 0.396 e. The molecule has 3 rings (SSSR count). The SMILES string of the molecule is Cc1nccn1-c1ccc(N[C@@H]2C=C[C@H](CO)C2)nn1. The van der Waals surface area contributed by atoms with Crippen molar-refractivity contribution < 1.29 is 5.11 Å². The second kappa shape index (κ2) is 5.42. The van der Waals surface area contributed by atoms with Crippen molar-refractivity contribution in [1.29, 1.82) is 0 Å². The molecule has 6 nitrogen and oxygen atoms in total. The smallest absolute Gasteiger partial charge is 0.160 e. The molecule has 1 aliphatic rings. The third-order valence-corrected chi connectivity index (χ3v) is 3.46. The number of aromatic nitrogens is 4. The lowest BCUT2D eigenvalue weighted by Gasteiger charge is -2.13. The highest BCUT2D eigenvalue weighted by atomic mass is 16.3.